The molecule has 0 unspecified atom stereocenters. The largest absolute Gasteiger partial charge is 0.424 e. The fourth-order valence-corrected chi connectivity index (χ4v) is 4.45. The summed E-state index contributed by atoms with van der Waals surface area (Å²) in [6, 6.07) is 9.21. The molecule has 2 aliphatic rings. The molecule has 4 rings (SSSR count). The van der Waals surface area contributed by atoms with Crippen LogP contribution in [0.15, 0.2) is 33.7 Å². The Balaban J connectivity index is 1.62. The second-order valence-corrected chi connectivity index (χ2v) is 8.14. The molecule has 0 spiro atoms. The Morgan fingerprint density at radius 1 is 1.04 bits per heavy atom. The van der Waals surface area contributed by atoms with Crippen molar-refractivity contribution >= 4 is 18.3 Å². The van der Waals surface area contributed by atoms with Gasteiger partial charge < -0.3 is 9.32 Å². The molecule has 28 heavy (non-hydrogen) atoms. The molecule has 0 N–H and O–H groups in total. The summed E-state index contributed by atoms with van der Waals surface area (Å²) in [6.07, 6.45) is 12.3. The SMILES string of the molecule is C=c1/c(=C\c2ccc(N3CCCCC3)cc2)oc(=NC2CCCCC2)n1CC. The molecule has 0 atom stereocenters. The summed E-state index contributed by atoms with van der Waals surface area (Å²) < 4.78 is 8.26. The number of piperidine rings is 1. The number of hydrogen-bond acceptors (Lipinski definition) is 3. The average molecular weight is 380 g/mol. The fourth-order valence-electron chi connectivity index (χ4n) is 4.45. The van der Waals surface area contributed by atoms with Gasteiger partial charge in [-0.3, -0.25) is 4.57 Å². The monoisotopic (exact) mass is 379 g/mol. The second kappa shape index (κ2) is 8.85. The normalized spacial score (nSPS) is 20.1. The van der Waals surface area contributed by atoms with Gasteiger partial charge in [0.25, 0.3) is 5.68 Å². The lowest BCUT2D eigenvalue weighted by atomic mass is 9.96. The number of anilines is 1. The van der Waals surface area contributed by atoms with Crippen molar-refractivity contribution in [2.45, 2.75) is 70.9 Å². The minimum atomic E-state index is 0.397. The van der Waals surface area contributed by atoms with Gasteiger partial charge in [0, 0.05) is 25.3 Å². The van der Waals surface area contributed by atoms with Crippen LogP contribution in [0.2, 0.25) is 0 Å². The van der Waals surface area contributed by atoms with E-state index in [0.29, 0.717) is 6.04 Å². The van der Waals surface area contributed by atoms with Crippen LogP contribution in [0.5, 0.6) is 0 Å². The van der Waals surface area contributed by atoms with E-state index in [0.717, 1.165) is 28.6 Å². The van der Waals surface area contributed by atoms with E-state index in [2.05, 4.69) is 53.3 Å². The van der Waals surface area contributed by atoms with Crippen LogP contribution in [0, 0.1) is 0 Å². The van der Waals surface area contributed by atoms with E-state index < -0.39 is 0 Å². The van der Waals surface area contributed by atoms with E-state index in [1.807, 2.05) is 0 Å². The third kappa shape index (κ3) is 4.26. The molecule has 1 saturated heterocycles. The second-order valence-electron chi connectivity index (χ2n) is 8.14. The van der Waals surface area contributed by atoms with Gasteiger partial charge in [0.1, 0.15) is 0 Å². The van der Waals surface area contributed by atoms with Crippen LogP contribution in [-0.4, -0.2) is 23.7 Å². The Hall–Kier alpha value is -2.23. The van der Waals surface area contributed by atoms with Crippen molar-refractivity contribution < 1.29 is 4.42 Å². The maximum Gasteiger partial charge on any atom is 0.297 e. The van der Waals surface area contributed by atoms with Gasteiger partial charge in [-0.25, -0.2) is 4.99 Å². The van der Waals surface area contributed by atoms with Gasteiger partial charge in [0.05, 0.1) is 11.4 Å². The number of hydrogen-bond donors (Lipinski definition) is 0. The van der Waals surface area contributed by atoms with Gasteiger partial charge in [0.15, 0.2) is 5.42 Å². The van der Waals surface area contributed by atoms with Crippen molar-refractivity contribution in [3.05, 3.63) is 46.3 Å². The van der Waals surface area contributed by atoms with Crippen molar-refractivity contribution in [2.75, 3.05) is 18.0 Å². The number of oxazole rings is 1. The van der Waals surface area contributed by atoms with Crippen LogP contribution in [0.3, 0.4) is 0 Å². The number of benzene rings is 1. The lowest BCUT2D eigenvalue weighted by Crippen LogP contribution is -2.31. The van der Waals surface area contributed by atoms with Crippen molar-refractivity contribution in [3.8, 4) is 0 Å². The quantitative estimate of drug-likeness (QED) is 0.814. The van der Waals surface area contributed by atoms with Crippen LogP contribution >= 0.6 is 0 Å². The molecule has 0 radical (unpaired) electrons. The van der Waals surface area contributed by atoms with Crippen molar-refractivity contribution in [3.63, 3.8) is 0 Å². The molecular weight excluding hydrogens is 346 g/mol. The molecule has 1 saturated carbocycles. The summed E-state index contributed by atoms with van der Waals surface area (Å²) >= 11 is 0. The molecule has 2 heterocycles. The first-order valence-electron chi connectivity index (χ1n) is 11.0. The highest BCUT2D eigenvalue weighted by Crippen LogP contribution is 2.21. The van der Waals surface area contributed by atoms with E-state index in [9.17, 15) is 0 Å². The Morgan fingerprint density at radius 3 is 2.39 bits per heavy atom. The Morgan fingerprint density at radius 2 is 1.71 bits per heavy atom. The van der Waals surface area contributed by atoms with E-state index >= 15 is 0 Å². The van der Waals surface area contributed by atoms with E-state index in [1.54, 1.807) is 0 Å². The Labute approximate surface area is 167 Å². The minimum absolute atomic E-state index is 0.397. The topological polar surface area (TPSA) is 33.7 Å². The summed E-state index contributed by atoms with van der Waals surface area (Å²) in [5.41, 5.74) is 4.02. The lowest BCUT2D eigenvalue weighted by Gasteiger charge is -2.28. The van der Waals surface area contributed by atoms with Crippen LogP contribution in [-0.2, 0) is 6.54 Å². The molecule has 2 fully saturated rings. The average Bonchev–Trinajstić information content (AvgIpc) is 3.04. The zero-order valence-electron chi connectivity index (χ0n) is 17.2. The highest BCUT2D eigenvalue weighted by atomic mass is 16.3. The molecule has 1 aromatic heterocycles. The Kier molecular flexibility index (Phi) is 6.04. The lowest BCUT2D eigenvalue weighted by molar-refractivity contribution is 0.386. The smallest absolute Gasteiger partial charge is 0.297 e. The molecule has 4 nitrogen and oxygen atoms in total. The highest BCUT2D eigenvalue weighted by Gasteiger charge is 2.13. The maximum atomic E-state index is 6.16. The number of aromatic nitrogens is 1. The van der Waals surface area contributed by atoms with Crippen LogP contribution in [0.25, 0.3) is 12.7 Å². The molecule has 1 aliphatic carbocycles. The zero-order valence-corrected chi connectivity index (χ0v) is 17.2. The number of nitrogens with zero attached hydrogens (tertiary/aromatic N) is 3. The molecule has 1 aromatic carbocycles. The van der Waals surface area contributed by atoms with Gasteiger partial charge in [-0.1, -0.05) is 38.0 Å². The van der Waals surface area contributed by atoms with Crippen molar-refractivity contribution in [1.82, 2.24) is 4.57 Å². The van der Waals surface area contributed by atoms with Crippen LogP contribution in [0.1, 0.15) is 63.9 Å². The third-order valence-corrected chi connectivity index (χ3v) is 6.14. The minimum Gasteiger partial charge on any atom is -0.424 e. The molecule has 0 bridgehead atoms. The fraction of sp³-hybridized carbons (Fsp3) is 0.542. The van der Waals surface area contributed by atoms with E-state index in [-0.39, 0.29) is 0 Å². The summed E-state index contributed by atoms with van der Waals surface area (Å²) in [7, 11) is 0. The van der Waals surface area contributed by atoms with Crippen molar-refractivity contribution in [2.24, 2.45) is 4.99 Å². The van der Waals surface area contributed by atoms with Crippen LogP contribution in [0.4, 0.5) is 5.69 Å². The molecule has 1 aliphatic heterocycles. The predicted molar refractivity (Wildman–Crippen MR) is 116 cm³/mol. The molecule has 4 heteroatoms. The van der Waals surface area contributed by atoms with Gasteiger partial charge in [-0.05, 0) is 62.8 Å². The predicted octanol–water partition coefficient (Wildman–Crippen LogP) is 3.56. The van der Waals surface area contributed by atoms with Crippen LogP contribution < -0.4 is 21.3 Å². The highest BCUT2D eigenvalue weighted by molar-refractivity contribution is 5.55. The van der Waals surface area contributed by atoms with Gasteiger partial charge in [0.2, 0.25) is 0 Å². The summed E-state index contributed by atoms with van der Waals surface area (Å²) in [5.74, 6) is 0. The summed E-state index contributed by atoms with van der Waals surface area (Å²) in [5, 5.41) is 0.914. The first-order chi connectivity index (χ1) is 13.7. The molecule has 2 aromatic rings. The first-order valence-corrected chi connectivity index (χ1v) is 11.0. The van der Waals surface area contributed by atoms with Crippen molar-refractivity contribution in [1.29, 1.82) is 0 Å². The zero-order chi connectivity index (χ0) is 19.3. The molecular formula is C24H33N3O. The Bertz CT molecular complexity index is 939. The van der Waals surface area contributed by atoms with Gasteiger partial charge >= 0.3 is 0 Å². The summed E-state index contributed by atoms with van der Waals surface area (Å²) in [4.78, 5) is 7.40. The molecule has 150 valence electrons. The maximum absolute atomic E-state index is 6.16. The summed E-state index contributed by atoms with van der Waals surface area (Å²) in [6.45, 7) is 9.56. The number of rotatable bonds is 4. The van der Waals surface area contributed by atoms with Gasteiger partial charge in [-0.2, -0.15) is 0 Å². The van der Waals surface area contributed by atoms with E-state index in [4.69, 9.17) is 9.41 Å². The first kappa shape index (κ1) is 19.1. The van der Waals surface area contributed by atoms with E-state index in [1.165, 1.54) is 70.1 Å². The molecule has 0 amide bonds. The standard InChI is InChI=1S/C24H33N3O/c1-3-27-19(2)23(28-24(27)25-21-10-6-4-7-11-21)18-20-12-14-22(15-13-20)26-16-8-5-9-17-26/h12-15,18,21H,2-11,16-17H2,1H3/b23-18+,25-24?. The third-order valence-electron chi connectivity index (χ3n) is 6.14. The van der Waals surface area contributed by atoms with Gasteiger partial charge in [-0.15, -0.1) is 0 Å².